The molecule has 5 N–H and O–H groups in total. The third kappa shape index (κ3) is 15.6. The number of benzene rings is 2. The molecule has 0 radical (unpaired) electrons. The molecule has 4 aromatic heterocycles. The number of aryl methyl sites for hydroxylation is 4. The van der Waals surface area contributed by atoms with E-state index in [0.29, 0.717) is 90.1 Å². The molecule has 0 aliphatic carbocycles. The predicted octanol–water partition coefficient (Wildman–Crippen LogP) is 8.03. The first-order valence-electron chi connectivity index (χ1n) is 25.6. The molecule has 22 nitrogen and oxygen atoms in total. The highest BCUT2D eigenvalue weighted by molar-refractivity contribution is 6.38. The van der Waals surface area contributed by atoms with Gasteiger partial charge in [-0.05, 0) is 118 Å². The predicted molar refractivity (Wildman–Crippen MR) is 293 cm³/mol. The molecule has 2 saturated heterocycles. The number of amides is 6. The lowest BCUT2D eigenvalue weighted by molar-refractivity contribution is -0.149. The lowest BCUT2D eigenvalue weighted by Crippen LogP contribution is -2.39. The Bertz CT molecular complexity index is 3070. The summed E-state index contributed by atoms with van der Waals surface area (Å²) < 4.78 is 24.6. The van der Waals surface area contributed by atoms with E-state index in [1.165, 1.54) is 12.4 Å². The van der Waals surface area contributed by atoms with Crippen LogP contribution in [0.5, 0.6) is 11.5 Å². The number of nitrogens with zero attached hydrogens (tertiary/aromatic N) is 7. The van der Waals surface area contributed by atoms with Gasteiger partial charge in [-0.15, -0.1) is 0 Å². The molecule has 2 aliphatic heterocycles. The second kappa shape index (κ2) is 27.3. The van der Waals surface area contributed by atoms with Crippen molar-refractivity contribution in [2.24, 2.45) is 25.9 Å². The largest absolute Gasteiger partial charge is 0.491 e. The third-order valence-electron chi connectivity index (χ3n) is 12.2. The summed E-state index contributed by atoms with van der Waals surface area (Å²) in [6.45, 7) is 18.8. The Morgan fingerprint density at radius 1 is 0.662 bits per heavy atom. The van der Waals surface area contributed by atoms with Crippen LogP contribution in [0.4, 0.5) is 26.7 Å². The molecule has 8 rings (SSSR count). The minimum atomic E-state index is -0.689. The Morgan fingerprint density at radius 2 is 1.10 bits per heavy atom. The molecular formula is C54H69ClN12O10. The summed E-state index contributed by atoms with van der Waals surface area (Å²) in [5.41, 5.74) is 4.55. The first-order valence-corrected chi connectivity index (χ1v) is 26.0. The molecule has 2 fully saturated rings. The minimum Gasteiger partial charge on any atom is -0.491 e. The van der Waals surface area contributed by atoms with Crippen LogP contribution in [0.25, 0.3) is 22.1 Å². The molecule has 23 heteroatoms. The summed E-state index contributed by atoms with van der Waals surface area (Å²) in [5, 5.41) is 23.4. The molecule has 0 spiro atoms. The zero-order valence-electron chi connectivity index (χ0n) is 45.2. The number of imide groups is 2. The van der Waals surface area contributed by atoms with Crippen molar-refractivity contribution in [1.29, 1.82) is 0 Å². The maximum Gasteiger partial charge on any atom is 0.326 e. The molecule has 6 amide bonds. The summed E-state index contributed by atoms with van der Waals surface area (Å²) >= 11 is 6.37. The van der Waals surface area contributed by atoms with Crippen LogP contribution < -0.4 is 41.0 Å². The molecule has 77 heavy (non-hydrogen) atoms. The van der Waals surface area contributed by atoms with E-state index >= 15 is 0 Å². The van der Waals surface area contributed by atoms with Gasteiger partial charge >= 0.3 is 24.0 Å². The van der Waals surface area contributed by atoms with E-state index in [4.69, 9.17) is 30.5 Å². The second-order valence-electron chi connectivity index (χ2n) is 18.8. The number of hydrogen-bond acceptors (Lipinski definition) is 16. The Labute approximate surface area is 452 Å². The van der Waals surface area contributed by atoms with Crippen molar-refractivity contribution >= 4 is 86.5 Å². The highest BCUT2D eigenvalue weighted by atomic mass is 35.5. The van der Waals surface area contributed by atoms with Crippen LogP contribution in [-0.2, 0) is 33.2 Å². The fourth-order valence-electron chi connectivity index (χ4n) is 8.83. The number of nitrogens with one attached hydrogen (secondary N) is 5. The van der Waals surface area contributed by atoms with Gasteiger partial charge in [0.25, 0.3) is 11.8 Å². The summed E-state index contributed by atoms with van der Waals surface area (Å²) in [4.78, 5) is 85.0. The smallest absolute Gasteiger partial charge is 0.326 e. The topological polar surface area (TPSA) is 264 Å². The Balaban J connectivity index is 0.000000214. The van der Waals surface area contributed by atoms with E-state index in [9.17, 15) is 28.8 Å². The number of halogens is 1. The summed E-state index contributed by atoms with van der Waals surface area (Å²) in [6.07, 6.45) is 5.83. The van der Waals surface area contributed by atoms with Gasteiger partial charge in [0, 0.05) is 63.1 Å². The molecule has 2 aromatic carbocycles. The third-order valence-corrected chi connectivity index (χ3v) is 12.6. The molecule has 6 aromatic rings. The highest BCUT2D eigenvalue weighted by Gasteiger charge is 2.31. The van der Waals surface area contributed by atoms with Crippen LogP contribution in [0, 0.1) is 25.7 Å². The fourth-order valence-corrected chi connectivity index (χ4v) is 9.19. The van der Waals surface area contributed by atoms with Crippen molar-refractivity contribution in [3.05, 3.63) is 88.5 Å². The van der Waals surface area contributed by atoms with Gasteiger partial charge in [0.05, 0.1) is 81.3 Å². The van der Waals surface area contributed by atoms with Gasteiger partial charge in [0.2, 0.25) is 0 Å². The minimum absolute atomic E-state index is 0.00569. The van der Waals surface area contributed by atoms with Gasteiger partial charge in [-0.3, -0.25) is 39.2 Å². The van der Waals surface area contributed by atoms with Crippen molar-refractivity contribution in [3.63, 3.8) is 0 Å². The standard InChI is InChI=1S/C27H34N6O5.C19H20ClN5O3.C8H15NO2/c1-6-37-26(35)18-10-12-33(13-11-18)23-21(15-28-24-22(23)17(4)31-32(24)5)25(34)30-27(36)29-19-8-7-9-20(14-19)38-16(2)3;1-10(2)28-13-7-5-6-12(8-13)22-19(27)23-18(26)14-9-21-17-15(16(14)20)11(3)24-25(17)4;1-2-11-8(10)7-3-5-9-6-4-7/h7-9,14-16,18H,6,10-13H2,1-5H3,(H2,29,30,34,36);5-10H,1-4H3,(H2,22,23,26,27);7,9H,2-6H2,1H3. The van der Waals surface area contributed by atoms with E-state index in [-0.39, 0.29) is 52.1 Å². The second-order valence-corrected chi connectivity index (χ2v) is 19.2. The van der Waals surface area contributed by atoms with E-state index < -0.39 is 23.9 Å². The Kier molecular flexibility index (Phi) is 20.7. The first-order chi connectivity index (χ1) is 36.8. The maximum atomic E-state index is 13.4. The maximum absolute atomic E-state index is 13.4. The average Bonchev–Trinajstić information content (AvgIpc) is 3.86. The van der Waals surface area contributed by atoms with Gasteiger partial charge < -0.3 is 39.8 Å². The van der Waals surface area contributed by atoms with E-state index in [2.05, 4.69) is 51.6 Å². The highest BCUT2D eigenvalue weighted by Crippen LogP contribution is 2.35. The number of ether oxygens (including phenoxy) is 4. The number of esters is 2. The summed E-state index contributed by atoms with van der Waals surface area (Å²) in [7, 11) is 3.53. The van der Waals surface area contributed by atoms with Gasteiger partial charge in [-0.1, -0.05) is 23.7 Å². The number of pyridine rings is 2. The first kappa shape index (κ1) is 58.4. The molecular weight excluding hydrogens is 1010 g/mol. The summed E-state index contributed by atoms with van der Waals surface area (Å²) in [5.74, 6) is -0.264. The fraction of sp³-hybridized carbons (Fsp3) is 0.444. The summed E-state index contributed by atoms with van der Waals surface area (Å²) in [6, 6.07) is 12.5. The molecule has 0 saturated carbocycles. The molecule has 2 aliphatic rings. The van der Waals surface area contributed by atoms with Gasteiger partial charge in [0.15, 0.2) is 11.3 Å². The molecule has 0 atom stereocenters. The quantitative estimate of drug-likeness (QED) is 0.0685. The van der Waals surface area contributed by atoms with Crippen LogP contribution in [0.1, 0.15) is 99.3 Å². The van der Waals surface area contributed by atoms with E-state index in [1.807, 2.05) is 41.5 Å². The number of carbonyl (C=O) groups is 6. The SMILES string of the molecule is CCOC(=O)C1CCN(c2c(C(=O)NC(=O)Nc3cccc(OC(C)C)c3)cnc3c2c(C)nn3C)CC1.CCOC(=O)C1CCNCC1.Cc1nn(C)c2ncc(C(=O)NC(=O)Nc3cccc(OC(C)C)c3)c(Cl)c12. The van der Waals surface area contributed by atoms with Crippen molar-refractivity contribution < 1.29 is 47.7 Å². The van der Waals surface area contributed by atoms with E-state index in [1.54, 1.807) is 85.8 Å². The Hall–Kier alpha value is -7.85. The number of rotatable bonds is 13. The van der Waals surface area contributed by atoms with Gasteiger partial charge in [0.1, 0.15) is 11.5 Å². The number of carbonyl (C=O) groups excluding carboxylic acids is 6. The zero-order valence-corrected chi connectivity index (χ0v) is 46.0. The average molecular weight is 1080 g/mol. The van der Waals surface area contributed by atoms with Crippen LogP contribution >= 0.6 is 11.6 Å². The van der Waals surface area contributed by atoms with Crippen molar-refractivity contribution in [3.8, 4) is 11.5 Å². The van der Waals surface area contributed by atoms with Crippen LogP contribution in [0.2, 0.25) is 5.02 Å². The number of hydrogen-bond donors (Lipinski definition) is 5. The van der Waals surface area contributed by atoms with Crippen molar-refractivity contribution in [1.82, 2.24) is 45.5 Å². The lowest BCUT2D eigenvalue weighted by Gasteiger charge is -2.34. The van der Waals surface area contributed by atoms with Crippen molar-refractivity contribution in [2.45, 2.75) is 93.3 Å². The Morgan fingerprint density at radius 3 is 1.58 bits per heavy atom. The number of anilines is 3. The number of urea groups is 2. The van der Waals surface area contributed by atoms with Crippen LogP contribution in [0.15, 0.2) is 60.9 Å². The van der Waals surface area contributed by atoms with Crippen LogP contribution in [0.3, 0.4) is 0 Å². The monoisotopic (exact) mass is 1080 g/mol. The molecule has 6 heterocycles. The number of fused-ring (bicyclic) bond motifs is 2. The van der Waals surface area contributed by atoms with E-state index in [0.717, 1.165) is 37.0 Å². The van der Waals surface area contributed by atoms with Gasteiger partial charge in [-0.25, -0.2) is 19.6 Å². The van der Waals surface area contributed by atoms with Gasteiger partial charge in [-0.2, -0.15) is 10.2 Å². The molecule has 0 bridgehead atoms. The van der Waals surface area contributed by atoms with Crippen molar-refractivity contribution in [2.75, 3.05) is 54.9 Å². The lowest BCUT2D eigenvalue weighted by atomic mass is 9.95. The normalized spacial score (nSPS) is 13.7. The molecule has 0 unspecified atom stereocenters. The van der Waals surface area contributed by atoms with Crippen LogP contribution in [-0.4, -0.2) is 117 Å². The zero-order chi connectivity index (χ0) is 55.9. The molecule has 412 valence electrons. The number of piperidine rings is 2. The number of aromatic nitrogens is 6.